The lowest BCUT2D eigenvalue weighted by atomic mass is 9.88. The first kappa shape index (κ1) is 21.2. The summed E-state index contributed by atoms with van der Waals surface area (Å²) >= 11 is 7.30. The van der Waals surface area contributed by atoms with Crippen LogP contribution in [0.15, 0.2) is 91.0 Å². The lowest BCUT2D eigenvalue weighted by Crippen LogP contribution is -2.28. The van der Waals surface area contributed by atoms with Crippen molar-refractivity contribution in [3.63, 3.8) is 0 Å². The molecule has 1 aliphatic heterocycles. The number of thiophene rings is 1. The first-order valence-electron chi connectivity index (χ1n) is 11.3. The molecule has 2 atom stereocenters. The Morgan fingerprint density at radius 2 is 1.79 bits per heavy atom. The first-order chi connectivity index (χ1) is 16.8. The fourth-order valence-electron chi connectivity index (χ4n) is 4.62. The number of fused-ring (bicyclic) bond motifs is 1. The number of allylic oxidation sites excluding steroid dienone is 4. The molecule has 2 unspecified atom stereocenters. The maximum absolute atomic E-state index is 5.62. The van der Waals surface area contributed by atoms with Crippen molar-refractivity contribution in [1.29, 1.82) is 0 Å². The topological polar surface area (TPSA) is 53.1 Å². The third-order valence-electron chi connectivity index (χ3n) is 6.27. The Morgan fingerprint density at radius 1 is 1.00 bits per heavy atom. The molecular formula is C27H23N5S2. The van der Waals surface area contributed by atoms with Gasteiger partial charge in [0.15, 0.2) is 5.11 Å². The summed E-state index contributed by atoms with van der Waals surface area (Å²) in [7, 11) is 0. The van der Waals surface area contributed by atoms with Crippen molar-refractivity contribution in [3.05, 3.63) is 107 Å². The zero-order valence-corrected chi connectivity index (χ0v) is 20.0. The third-order valence-corrected chi connectivity index (χ3v) is 7.68. The normalized spacial score (nSPS) is 19.6. The molecule has 2 aromatic carbocycles. The Kier molecular flexibility index (Phi) is 5.66. The van der Waals surface area contributed by atoms with Crippen molar-refractivity contribution in [1.82, 2.24) is 25.9 Å². The summed E-state index contributed by atoms with van der Waals surface area (Å²) in [5.41, 5.74) is 11.0. The fourth-order valence-corrected chi connectivity index (χ4v) is 5.91. The number of hydrogen-bond acceptors (Lipinski definition) is 5. The van der Waals surface area contributed by atoms with Gasteiger partial charge in [-0.15, -0.1) is 21.5 Å². The number of hydrazine groups is 1. The minimum atomic E-state index is -0.0678. The maximum atomic E-state index is 5.62. The van der Waals surface area contributed by atoms with Gasteiger partial charge < -0.3 is 4.90 Å². The van der Waals surface area contributed by atoms with E-state index in [0.717, 1.165) is 39.3 Å². The van der Waals surface area contributed by atoms with Crippen LogP contribution in [0, 0.1) is 0 Å². The quantitative estimate of drug-likeness (QED) is 0.349. The van der Waals surface area contributed by atoms with Crippen molar-refractivity contribution in [2.45, 2.75) is 25.0 Å². The van der Waals surface area contributed by atoms with E-state index in [1.807, 2.05) is 12.1 Å². The molecule has 34 heavy (non-hydrogen) atoms. The number of hydrogen-bond donors (Lipinski definition) is 2. The SMILES string of the molecule is S=C1NNC(c2cc3c(C4C=CC=CC4)c(-c4ccccc4)nnc3s2)N1Cc1ccccc1. The summed E-state index contributed by atoms with van der Waals surface area (Å²) < 4.78 is 0. The zero-order chi connectivity index (χ0) is 22.9. The van der Waals surface area contributed by atoms with E-state index in [4.69, 9.17) is 17.3 Å². The van der Waals surface area contributed by atoms with Gasteiger partial charge in [0.05, 0.1) is 5.69 Å². The molecule has 168 valence electrons. The van der Waals surface area contributed by atoms with E-state index in [1.54, 1.807) is 11.3 Å². The molecule has 1 fully saturated rings. The standard InChI is InChI=1S/C27H23N5S2/c33-27-31-29-25(32(27)17-18-10-4-1-5-11-18)22-16-21-23(19-12-6-2-7-13-19)24(28-30-26(21)34-22)20-14-8-3-9-15-20/h1-12,14-16,19,25,29H,13,17H2,(H,31,33). The van der Waals surface area contributed by atoms with E-state index >= 15 is 0 Å². The van der Waals surface area contributed by atoms with Gasteiger partial charge in [-0.3, -0.25) is 5.43 Å². The average molecular weight is 482 g/mol. The van der Waals surface area contributed by atoms with Crippen LogP contribution in [0.4, 0.5) is 0 Å². The van der Waals surface area contributed by atoms with Crippen LogP contribution in [0.1, 0.15) is 34.5 Å². The number of nitrogens with one attached hydrogen (secondary N) is 2. The van der Waals surface area contributed by atoms with Gasteiger partial charge in [0, 0.05) is 28.3 Å². The van der Waals surface area contributed by atoms with E-state index in [1.165, 1.54) is 11.1 Å². The molecule has 0 radical (unpaired) electrons. The average Bonchev–Trinajstić information content (AvgIpc) is 3.48. The van der Waals surface area contributed by atoms with Gasteiger partial charge in [-0.2, -0.15) is 0 Å². The second-order valence-electron chi connectivity index (χ2n) is 8.44. The van der Waals surface area contributed by atoms with E-state index in [9.17, 15) is 0 Å². The van der Waals surface area contributed by atoms with Crippen molar-refractivity contribution in [3.8, 4) is 11.3 Å². The van der Waals surface area contributed by atoms with E-state index in [-0.39, 0.29) is 12.1 Å². The Labute approximate surface area is 207 Å². The molecule has 1 aliphatic carbocycles. The molecule has 6 rings (SSSR count). The van der Waals surface area contributed by atoms with Crippen LogP contribution in [0.25, 0.3) is 21.5 Å². The van der Waals surface area contributed by atoms with E-state index in [0.29, 0.717) is 5.11 Å². The van der Waals surface area contributed by atoms with Gasteiger partial charge in [0.1, 0.15) is 11.0 Å². The molecule has 3 heterocycles. The molecular weight excluding hydrogens is 458 g/mol. The summed E-state index contributed by atoms with van der Waals surface area (Å²) in [5, 5.41) is 11.2. The highest BCUT2D eigenvalue weighted by molar-refractivity contribution is 7.80. The van der Waals surface area contributed by atoms with Crippen molar-refractivity contribution < 1.29 is 0 Å². The molecule has 2 aliphatic rings. The predicted octanol–water partition coefficient (Wildman–Crippen LogP) is 5.85. The molecule has 5 nitrogen and oxygen atoms in total. The lowest BCUT2D eigenvalue weighted by molar-refractivity contribution is 0.314. The van der Waals surface area contributed by atoms with Crippen molar-refractivity contribution >= 4 is 38.9 Å². The molecule has 0 amide bonds. The van der Waals surface area contributed by atoms with Crippen molar-refractivity contribution in [2.24, 2.45) is 0 Å². The molecule has 4 aromatic rings. The van der Waals surface area contributed by atoms with Gasteiger partial charge in [-0.25, -0.2) is 5.43 Å². The van der Waals surface area contributed by atoms with Gasteiger partial charge in [0.2, 0.25) is 0 Å². The number of aromatic nitrogens is 2. The minimum Gasteiger partial charge on any atom is -0.322 e. The maximum Gasteiger partial charge on any atom is 0.185 e. The second kappa shape index (κ2) is 9.10. The van der Waals surface area contributed by atoms with Crippen LogP contribution >= 0.6 is 23.6 Å². The molecule has 2 aromatic heterocycles. The summed E-state index contributed by atoms with van der Waals surface area (Å²) in [6, 6.07) is 23.0. The molecule has 2 N–H and O–H groups in total. The largest absolute Gasteiger partial charge is 0.322 e. The smallest absolute Gasteiger partial charge is 0.185 e. The summed E-state index contributed by atoms with van der Waals surface area (Å²) in [5.74, 6) is 0.261. The number of nitrogens with zero attached hydrogens (tertiary/aromatic N) is 3. The van der Waals surface area contributed by atoms with Crippen LogP contribution in [0.2, 0.25) is 0 Å². The number of rotatable bonds is 5. The molecule has 0 spiro atoms. The second-order valence-corrected chi connectivity index (χ2v) is 9.89. The van der Waals surface area contributed by atoms with Crippen LogP contribution in [0.5, 0.6) is 0 Å². The van der Waals surface area contributed by atoms with Crippen LogP contribution in [-0.2, 0) is 6.54 Å². The highest BCUT2D eigenvalue weighted by Gasteiger charge is 2.31. The van der Waals surface area contributed by atoms with Gasteiger partial charge in [-0.05, 0) is 35.8 Å². The lowest BCUT2D eigenvalue weighted by Gasteiger charge is -2.23. The van der Waals surface area contributed by atoms with Crippen LogP contribution in [-0.4, -0.2) is 20.2 Å². The van der Waals surface area contributed by atoms with Crippen molar-refractivity contribution in [2.75, 3.05) is 0 Å². The minimum absolute atomic E-state index is 0.0678. The Balaban J connectivity index is 1.44. The predicted molar refractivity (Wildman–Crippen MR) is 142 cm³/mol. The van der Waals surface area contributed by atoms with E-state index in [2.05, 4.69) is 99.8 Å². The van der Waals surface area contributed by atoms with Gasteiger partial charge in [-0.1, -0.05) is 85.0 Å². The summed E-state index contributed by atoms with van der Waals surface area (Å²) in [4.78, 5) is 4.30. The highest BCUT2D eigenvalue weighted by Crippen LogP contribution is 2.41. The van der Waals surface area contributed by atoms with Crippen LogP contribution < -0.4 is 10.9 Å². The third kappa shape index (κ3) is 3.92. The zero-order valence-electron chi connectivity index (χ0n) is 18.4. The van der Waals surface area contributed by atoms with E-state index < -0.39 is 0 Å². The van der Waals surface area contributed by atoms with Crippen LogP contribution in [0.3, 0.4) is 0 Å². The Bertz CT molecular complexity index is 1390. The molecule has 1 saturated heterocycles. The van der Waals surface area contributed by atoms with Gasteiger partial charge >= 0.3 is 0 Å². The highest BCUT2D eigenvalue weighted by atomic mass is 32.1. The molecule has 0 bridgehead atoms. The Morgan fingerprint density at radius 3 is 2.56 bits per heavy atom. The fraction of sp³-hybridized carbons (Fsp3) is 0.148. The first-order valence-corrected chi connectivity index (χ1v) is 12.6. The number of thiocarbonyl (C=S) groups is 1. The summed E-state index contributed by atoms with van der Waals surface area (Å²) in [6.07, 6.45) is 9.62. The van der Waals surface area contributed by atoms with Gasteiger partial charge in [0.25, 0.3) is 0 Å². The monoisotopic (exact) mass is 481 g/mol. The Hall–Kier alpha value is -3.39. The molecule has 7 heteroatoms. The summed E-state index contributed by atoms with van der Waals surface area (Å²) in [6.45, 7) is 0.725. The number of benzene rings is 2. The molecule has 0 saturated carbocycles.